The Morgan fingerprint density at radius 2 is 2.21 bits per heavy atom. The topological polar surface area (TPSA) is 77.1 Å². The van der Waals surface area contributed by atoms with Crippen LogP contribution in [0.5, 0.6) is 5.75 Å². The van der Waals surface area contributed by atoms with Gasteiger partial charge in [0.05, 0.1) is 31.4 Å². The van der Waals surface area contributed by atoms with Gasteiger partial charge in [-0.05, 0) is 25.0 Å². The van der Waals surface area contributed by atoms with Crippen molar-refractivity contribution in [2.45, 2.75) is 43.2 Å². The second kappa shape index (κ2) is 5.21. The molecule has 6 atom stereocenters. The summed E-state index contributed by atoms with van der Waals surface area (Å²) in [5.41, 5.74) is -0.199. The number of hydrogen-bond donors (Lipinski definition) is 1. The summed E-state index contributed by atoms with van der Waals surface area (Å²) in [5.74, 6) is 0.00166. The van der Waals surface area contributed by atoms with Crippen molar-refractivity contribution in [3.8, 4) is 5.75 Å². The minimum absolute atomic E-state index is 0.0739. The first-order valence-electron chi connectivity index (χ1n) is 10.1. The van der Waals surface area contributed by atoms with Gasteiger partial charge in [-0.15, -0.1) is 0 Å². The number of hydrogen-bond acceptors (Lipinski definition) is 7. The third-order valence-corrected chi connectivity index (χ3v) is 8.30. The van der Waals surface area contributed by atoms with Gasteiger partial charge in [0.25, 0.3) is 0 Å². The number of allylic oxidation sites excluding steroid dienone is 1. The van der Waals surface area contributed by atoms with Crippen molar-refractivity contribution in [2.24, 2.45) is 11.3 Å². The van der Waals surface area contributed by atoms with E-state index in [1.54, 1.807) is 7.11 Å². The van der Waals surface area contributed by atoms with E-state index < -0.39 is 22.5 Å². The maximum atomic E-state index is 13.5. The SMILES string of the molecule is C/C=C1/CN2C3C[C@@H]1[C@@](C=O)(C(=O)OC)[C@@]14C[C@H]2OC31Nc1c(OC)cccc14. The second-order valence-corrected chi connectivity index (χ2v) is 8.74. The summed E-state index contributed by atoms with van der Waals surface area (Å²) in [4.78, 5) is 28.9. The van der Waals surface area contributed by atoms with Gasteiger partial charge >= 0.3 is 5.97 Å². The first kappa shape index (κ1) is 17.5. The Balaban J connectivity index is 1.74. The number of ether oxygens (including phenoxy) is 3. The highest BCUT2D eigenvalue weighted by Crippen LogP contribution is 2.76. The quantitative estimate of drug-likeness (QED) is 0.361. The van der Waals surface area contributed by atoms with Gasteiger partial charge < -0.3 is 24.3 Å². The third kappa shape index (κ3) is 1.50. The number of rotatable bonds is 3. The van der Waals surface area contributed by atoms with Crippen LogP contribution in [0.3, 0.4) is 0 Å². The Labute approximate surface area is 169 Å². The van der Waals surface area contributed by atoms with Gasteiger partial charge in [-0.2, -0.15) is 0 Å². The molecule has 0 aromatic heterocycles. The van der Waals surface area contributed by atoms with Crippen molar-refractivity contribution in [3.63, 3.8) is 0 Å². The van der Waals surface area contributed by atoms with Crippen molar-refractivity contribution in [2.75, 3.05) is 26.1 Å². The molecule has 1 N–H and O–H groups in total. The van der Waals surface area contributed by atoms with Crippen LogP contribution in [0.2, 0.25) is 0 Å². The lowest BCUT2D eigenvalue weighted by molar-refractivity contribution is -0.182. The largest absolute Gasteiger partial charge is 0.495 e. The number of para-hydroxylation sites is 1. The molecule has 4 bridgehead atoms. The minimum Gasteiger partial charge on any atom is -0.495 e. The molecule has 4 aliphatic heterocycles. The number of aldehydes is 1. The number of nitrogens with one attached hydrogen (secondary N) is 1. The lowest BCUT2D eigenvalue weighted by atomic mass is 9.42. The van der Waals surface area contributed by atoms with Gasteiger partial charge in [0.2, 0.25) is 0 Å². The fourth-order valence-electron chi connectivity index (χ4n) is 7.35. The summed E-state index contributed by atoms with van der Waals surface area (Å²) < 4.78 is 17.6. The molecule has 7 nitrogen and oxygen atoms in total. The molecular weight excluding hydrogens is 372 g/mol. The zero-order valence-corrected chi connectivity index (χ0v) is 16.7. The number of carbonyl (C=O) groups is 2. The molecule has 1 aromatic rings. The number of nitrogens with zero attached hydrogens (tertiary/aromatic N) is 1. The van der Waals surface area contributed by atoms with Gasteiger partial charge in [0.1, 0.15) is 23.7 Å². The van der Waals surface area contributed by atoms with Crippen molar-refractivity contribution in [3.05, 3.63) is 35.4 Å². The predicted octanol–water partition coefficient (Wildman–Crippen LogP) is 1.82. The van der Waals surface area contributed by atoms with Crippen LogP contribution < -0.4 is 10.1 Å². The molecule has 0 radical (unpaired) electrons. The molecule has 1 spiro atoms. The molecule has 3 saturated heterocycles. The van der Waals surface area contributed by atoms with Crippen LogP contribution in [0, 0.1) is 11.3 Å². The number of anilines is 1. The van der Waals surface area contributed by atoms with E-state index in [-0.39, 0.29) is 18.2 Å². The van der Waals surface area contributed by atoms with E-state index in [1.165, 1.54) is 7.11 Å². The van der Waals surface area contributed by atoms with Crippen LogP contribution in [0.15, 0.2) is 29.8 Å². The van der Waals surface area contributed by atoms with E-state index in [0.717, 1.165) is 23.1 Å². The first-order chi connectivity index (χ1) is 14.0. The maximum absolute atomic E-state index is 13.5. The lowest BCUT2D eigenvalue weighted by Gasteiger charge is -2.63. The number of methoxy groups -OCH3 is 2. The Morgan fingerprint density at radius 3 is 2.90 bits per heavy atom. The molecule has 29 heavy (non-hydrogen) atoms. The van der Waals surface area contributed by atoms with Crippen LogP contribution >= 0.6 is 0 Å². The highest BCUT2D eigenvalue weighted by Gasteiger charge is 2.87. The van der Waals surface area contributed by atoms with Crippen molar-refractivity contribution < 1.29 is 23.8 Å². The van der Waals surface area contributed by atoms with Crippen LogP contribution in [-0.2, 0) is 24.5 Å². The average molecular weight is 396 g/mol. The van der Waals surface area contributed by atoms with Gasteiger partial charge in [0.15, 0.2) is 5.72 Å². The van der Waals surface area contributed by atoms with E-state index in [0.29, 0.717) is 25.1 Å². The number of fused-ring (bicyclic) bond motifs is 4. The molecule has 1 saturated carbocycles. The highest BCUT2D eigenvalue weighted by atomic mass is 16.6. The highest BCUT2D eigenvalue weighted by molar-refractivity contribution is 5.99. The molecule has 6 rings (SSSR count). The molecule has 0 amide bonds. The summed E-state index contributed by atoms with van der Waals surface area (Å²) in [6.07, 6.45) is 4.01. The zero-order valence-electron chi connectivity index (χ0n) is 16.7. The number of piperidine rings is 2. The van der Waals surface area contributed by atoms with Crippen molar-refractivity contribution >= 4 is 17.9 Å². The monoisotopic (exact) mass is 396 g/mol. The normalized spacial score (nSPS) is 44.4. The van der Waals surface area contributed by atoms with E-state index in [4.69, 9.17) is 14.2 Å². The second-order valence-electron chi connectivity index (χ2n) is 8.74. The smallest absolute Gasteiger partial charge is 0.320 e. The van der Waals surface area contributed by atoms with Gasteiger partial charge in [-0.3, -0.25) is 9.69 Å². The molecule has 1 aliphatic carbocycles. The van der Waals surface area contributed by atoms with Crippen LogP contribution in [0.1, 0.15) is 25.3 Å². The van der Waals surface area contributed by atoms with Gasteiger partial charge in [-0.1, -0.05) is 23.8 Å². The minimum atomic E-state index is -1.36. The molecule has 1 aromatic carbocycles. The summed E-state index contributed by atoms with van der Waals surface area (Å²) in [6.45, 7) is 2.69. The Bertz CT molecular complexity index is 991. The maximum Gasteiger partial charge on any atom is 0.320 e. The van der Waals surface area contributed by atoms with E-state index >= 15 is 0 Å². The first-order valence-corrected chi connectivity index (χ1v) is 10.1. The van der Waals surface area contributed by atoms with E-state index in [9.17, 15) is 9.59 Å². The Kier molecular flexibility index (Phi) is 3.14. The molecule has 4 fully saturated rings. The Morgan fingerprint density at radius 1 is 1.38 bits per heavy atom. The van der Waals surface area contributed by atoms with Crippen LogP contribution in [0.4, 0.5) is 5.69 Å². The van der Waals surface area contributed by atoms with E-state index in [2.05, 4.69) is 16.3 Å². The standard InChI is InChI=1S/C22H24N2O5/c1-4-12-10-24-16-8-14(12)20(11-25,19(26)28-3)21-9-17(24)29-22(16,21)23-18-13(21)6-5-7-15(18)27-2/h4-7,11,14,16-17,23H,8-10H2,1-3H3/b12-4-/t14-,16?,17+,20-,21-,22?/m0/s1. The van der Waals surface area contributed by atoms with Crippen molar-refractivity contribution in [1.82, 2.24) is 4.90 Å². The van der Waals surface area contributed by atoms with E-state index in [1.807, 2.05) is 25.1 Å². The zero-order chi connectivity index (χ0) is 20.2. The van der Waals surface area contributed by atoms with Gasteiger partial charge in [0, 0.05) is 18.9 Å². The number of carbonyl (C=O) groups excluding carboxylic acids is 2. The fraction of sp³-hybridized carbons (Fsp3) is 0.545. The van der Waals surface area contributed by atoms with Gasteiger partial charge in [-0.25, -0.2) is 0 Å². The summed E-state index contributed by atoms with van der Waals surface area (Å²) in [5, 5.41) is 3.62. The molecule has 5 aliphatic rings. The average Bonchev–Trinajstić information content (AvgIpc) is 3.36. The predicted molar refractivity (Wildman–Crippen MR) is 103 cm³/mol. The fourth-order valence-corrected chi connectivity index (χ4v) is 7.35. The summed E-state index contributed by atoms with van der Waals surface area (Å²) in [7, 11) is 3.00. The summed E-state index contributed by atoms with van der Waals surface area (Å²) >= 11 is 0. The lowest BCUT2D eigenvalue weighted by Crippen LogP contribution is -2.78. The number of benzene rings is 1. The molecular formula is C22H24N2O5. The molecule has 4 heterocycles. The molecule has 152 valence electrons. The molecule has 2 unspecified atom stereocenters. The van der Waals surface area contributed by atoms with Crippen LogP contribution in [-0.4, -0.2) is 55.9 Å². The number of esters is 1. The van der Waals surface area contributed by atoms with Crippen molar-refractivity contribution in [1.29, 1.82) is 0 Å². The Hall–Kier alpha value is -2.38. The third-order valence-electron chi connectivity index (χ3n) is 8.30. The van der Waals surface area contributed by atoms with Crippen LogP contribution in [0.25, 0.3) is 0 Å². The molecule has 7 heteroatoms. The summed E-state index contributed by atoms with van der Waals surface area (Å²) in [6, 6.07) is 5.89.